The fourth-order valence-corrected chi connectivity index (χ4v) is 3.33. The Kier molecular flexibility index (Phi) is 10.5. The Hall–Kier alpha value is -1.98. The van der Waals surface area contributed by atoms with Gasteiger partial charge in [0, 0.05) is 5.56 Å². The number of carbonyl (C=O) groups is 1. The van der Waals surface area contributed by atoms with Crippen molar-refractivity contribution in [2.45, 2.75) is 63.4 Å². The minimum absolute atomic E-state index is 0.0596. The largest absolute Gasteiger partial charge is 0.479 e. The minimum atomic E-state index is -4.58. The second kappa shape index (κ2) is 11.8. The van der Waals surface area contributed by atoms with Crippen LogP contribution in [0.15, 0.2) is 48.5 Å². The molecule has 3 nitrogen and oxygen atoms in total. The molecule has 0 unspecified atom stereocenters. The Labute approximate surface area is 209 Å². The molecule has 0 atom stereocenters. The number of hydrogen-bond donors (Lipinski definition) is 2. The number of alkyl halides is 6. The molecule has 196 valence electrons. The van der Waals surface area contributed by atoms with Crippen LogP contribution >= 0.6 is 23.4 Å². The maximum absolute atomic E-state index is 12.1. The lowest BCUT2D eigenvalue weighted by Crippen LogP contribution is -2.12. The topological polar surface area (TPSA) is 46.5 Å². The van der Waals surface area contributed by atoms with Gasteiger partial charge in [0.05, 0.1) is 5.56 Å². The van der Waals surface area contributed by atoms with Crippen molar-refractivity contribution in [3.63, 3.8) is 0 Å². The monoisotopic (exact) mass is 542 g/mol. The maximum atomic E-state index is 12.1. The average molecular weight is 543 g/mol. The average Bonchev–Trinajstić information content (AvgIpc) is 2.69. The second-order valence-electron chi connectivity index (χ2n) is 9.46. The first-order valence-corrected chi connectivity index (χ1v) is 11.9. The number of halogens is 6. The molecule has 0 fully saturated rings. The van der Waals surface area contributed by atoms with Gasteiger partial charge in [0.2, 0.25) is 0 Å². The molecule has 0 amide bonds. The number of aliphatic hydroxyl groups excluding tert-OH is 1. The lowest BCUT2D eigenvalue weighted by molar-refractivity contribution is -0.0389. The Morgan fingerprint density at radius 2 is 1.11 bits per heavy atom. The highest BCUT2D eigenvalue weighted by Crippen LogP contribution is 2.32. The van der Waals surface area contributed by atoms with Crippen molar-refractivity contribution in [2.75, 3.05) is 0 Å². The molecule has 1 N–H and O–H groups in total. The lowest BCUT2D eigenvalue weighted by atomic mass is 9.87. The van der Waals surface area contributed by atoms with E-state index in [0.717, 1.165) is 11.1 Å². The van der Waals surface area contributed by atoms with E-state index < -0.39 is 45.4 Å². The van der Waals surface area contributed by atoms with Gasteiger partial charge in [0.15, 0.2) is 12.0 Å². The van der Waals surface area contributed by atoms with Crippen LogP contribution in [0.3, 0.4) is 0 Å². The molecule has 0 aliphatic rings. The van der Waals surface area contributed by atoms with Crippen molar-refractivity contribution in [1.29, 1.82) is 0 Å². The number of aliphatic hydroxyl groups is 1. The molecular formula is C24H28F6O3S2. The molecular weight excluding hydrogens is 514 g/mol. The van der Waals surface area contributed by atoms with E-state index in [1.54, 1.807) is 24.3 Å². The van der Waals surface area contributed by atoms with Crippen molar-refractivity contribution < 1.29 is 40.4 Å². The van der Waals surface area contributed by atoms with Gasteiger partial charge in [-0.1, -0.05) is 89.3 Å². The van der Waals surface area contributed by atoms with Crippen LogP contribution in [0.25, 0.3) is 0 Å². The van der Waals surface area contributed by atoms with Crippen LogP contribution in [0.5, 0.6) is 0 Å². The van der Waals surface area contributed by atoms with E-state index in [9.17, 15) is 36.2 Å². The van der Waals surface area contributed by atoms with Crippen molar-refractivity contribution in [3.8, 4) is 0 Å². The minimum Gasteiger partial charge on any atom is -0.378 e. The normalized spacial score (nSPS) is 13.3. The Bertz CT molecular complexity index is 999. The highest BCUT2D eigenvalue weighted by atomic mass is 32.2. The molecule has 0 heterocycles. The Balaban J connectivity index is 0.000000351. The van der Waals surface area contributed by atoms with Crippen LogP contribution in [-0.4, -0.2) is 27.1 Å². The summed E-state index contributed by atoms with van der Waals surface area (Å²) in [6.45, 7) is 12.0. The van der Waals surface area contributed by atoms with Crippen molar-refractivity contribution in [1.82, 2.24) is 0 Å². The van der Waals surface area contributed by atoms with Crippen LogP contribution in [0, 0.1) is 0 Å². The van der Waals surface area contributed by atoms with E-state index in [4.69, 9.17) is 0 Å². The van der Waals surface area contributed by atoms with Gasteiger partial charge in [-0.3, -0.25) is 0 Å². The van der Waals surface area contributed by atoms with Crippen LogP contribution in [0.2, 0.25) is 0 Å². The quantitative estimate of drug-likeness (QED) is 0.177. The van der Waals surface area contributed by atoms with E-state index in [1.165, 1.54) is 24.3 Å². The fraction of sp³-hybridized carbons (Fsp3) is 0.417. The molecule has 2 aromatic rings. The van der Waals surface area contributed by atoms with Crippen molar-refractivity contribution >= 4 is 34.4 Å². The highest BCUT2D eigenvalue weighted by molar-refractivity contribution is 7.99. The van der Waals surface area contributed by atoms with Gasteiger partial charge in [-0.05, 0) is 34.1 Å². The maximum Gasteiger partial charge on any atom is 0.479 e. The number of benzene rings is 2. The van der Waals surface area contributed by atoms with Crippen LogP contribution in [-0.2, 0) is 15.0 Å². The molecule has 0 aromatic heterocycles. The summed E-state index contributed by atoms with van der Waals surface area (Å²) >= 11 is -1.83. The van der Waals surface area contributed by atoms with Crippen molar-refractivity contribution in [2.24, 2.45) is 0 Å². The van der Waals surface area contributed by atoms with Crippen LogP contribution in [0.4, 0.5) is 26.3 Å². The molecule has 0 saturated heterocycles. The molecule has 35 heavy (non-hydrogen) atoms. The van der Waals surface area contributed by atoms with Crippen LogP contribution < -0.4 is 0 Å². The summed E-state index contributed by atoms with van der Waals surface area (Å²) in [6, 6.07) is 12.8. The number of thiol groups is 1. The van der Waals surface area contributed by atoms with Gasteiger partial charge in [-0.15, -0.1) is 0 Å². The summed E-state index contributed by atoms with van der Waals surface area (Å²) in [5, 5.41) is 8.67. The molecule has 0 aliphatic heterocycles. The standard InChI is InChI=1S/C12H13F3O2S.C12H15F3OS/c1-11(2,3)9-6-4-8(5-7-9)10(16)17-18-12(13,14)15;1-11(2,3)9-6-4-8(5-7-9)10(16)17-12(13,14)15/h4-7H,1-3H3;4-7,16-17H,1-3H3. The second-order valence-corrected chi connectivity index (χ2v) is 11.4. The number of hydrogen-bond acceptors (Lipinski definition) is 3. The summed E-state index contributed by atoms with van der Waals surface area (Å²) < 4.78 is 75.8. The Morgan fingerprint density at radius 3 is 1.43 bits per heavy atom. The van der Waals surface area contributed by atoms with Crippen LogP contribution in [0.1, 0.15) is 68.6 Å². The predicted molar refractivity (Wildman–Crippen MR) is 131 cm³/mol. The molecule has 2 rings (SSSR count). The molecule has 2 aromatic carbocycles. The van der Waals surface area contributed by atoms with E-state index in [-0.39, 0.29) is 22.0 Å². The molecule has 11 heteroatoms. The first-order chi connectivity index (χ1) is 15.7. The molecule has 0 bridgehead atoms. The molecule has 0 aliphatic carbocycles. The third-order valence-corrected chi connectivity index (χ3v) is 5.59. The zero-order valence-electron chi connectivity index (χ0n) is 20.0. The number of rotatable bonds is 3. The first kappa shape index (κ1) is 31.1. The molecule has 0 spiro atoms. The summed E-state index contributed by atoms with van der Waals surface area (Å²) in [5.41, 5.74) is -6.83. The van der Waals surface area contributed by atoms with E-state index in [2.05, 4.69) is 4.18 Å². The zero-order chi connectivity index (χ0) is 27.2. The first-order valence-electron chi connectivity index (χ1n) is 10.2. The highest BCUT2D eigenvalue weighted by Gasteiger charge is 2.33. The van der Waals surface area contributed by atoms with E-state index in [0.29, 0.717) is 0 Å². The summed E-state index contributed by atoms with van der Waals surface area (Å²) in [5.74, 6) is -1.00. The summed E-state index contributed by atoms with van der Waals surface area (Å²) in [4.78, 5) is 11.3. The fourth-order valence-electron chi connectivity index (χ4n) is 2.54. The molecule has 0 saturated carbocycles. The van der Waals surface area contributed by atoms with Gasteiger partial charge in [0.25, 0.3) is 0 Å². The van der Waals surface area contributed by atoms with Gasteiger partial charge >= 0.3 is 17.0 Å². The SMILES string of the molecule is CC(C)(C)c1ccc(C(=O)OSC(F)(F)F)cc1.CC(C)(C)c1ccc(C(O)=[SH]C(F)(F)F)cc1. The summed E-state index contributed by atoms with van der Waals surface area (Å²) in [6.07, 6.45) is 0. The summed E-state index contributed by atoms with van der Waals surface area (Å²) in [7, 11) is 0. The van der Waals surface area contributed by atoms with Gasteiger partial charge in [-0.25, -0.2) is 4.79 Å². The van der Waals surface area contributed by atoms with Crippen molar-refractivity contribution in [3.05, 3.63) is 70.8 Å². The van der Waals surface area contributed by atoms with E-state index >= 15 is 0 Å². The smallest absolute Gasteiger partial charge is 0.378 e. The third kappa shape index (κ3) is 12.0. The third-order valence-electron chi connectivity index (χ3n) is 4.44. The van der Waals surface area contributed by atoms with Gasteiger partial charge in [0.1, 0.15) is 5.05 Å². The molecule has 0 radical (unpaired) electrons. The predicted octanol–water partition coefficient (Wildman–Crippen LogP) is 8.31. The lowest BCUT2D eigenvalue weighted by Gasteiger charge is -2.19. The Morgan fingerprint density at radius 1 is 0.743 bits per heavy atom. The number of carbonyl (C=O) groups excluding carboxylic acids is 1. The van der Waals surface area contributed by atoms with E-state index in [1.807, 2.05) is 41.5 Å². The van der Waals surface area contributed by atoms with Gasteiger partial charge in [-0.2, -0.15) is 26.3 Å². The van der Waals surface area contributed by atoms with Gasteiger partial charge < -0.3 is 9.29 Å². The zero-order valence-corrected chi connectivity index (χ0v) is 21.7.